The van der Waals surface area contributed by atoms with Crippen molar-refractivity contribution in [2.75, 3.05) is 63.3 Å². The molecular weight excluding hydrogens is 681 g/mol. The van der Waals surface area contributed by atoms with Gasteiger partial charge in [0, 0.05) is 49.7 Å². The van der Waals surface area contributed by atoms with Gasteiger partial charge in [0.2, 0.25) is 5.91 Å². The molecule has 266 valence electrons. The minimum absolute atomic E-state index is 0.0152. The number of nitrogen functional groups attached to an aromatic ring is 1. The maximum atomic E-state index is 13.4. The van der Waals surface area contributed by atoms with Crippen LogP contribution in [0.15, 0.2) is 59.6 Å². The number of nitrogens with zero attached hydrogens (tertiary/aromatic N) is 4. The Morgan fingerprint density at radius 1 is 1.04 bits per heavy atom. The number of carbonyl (C=O) groups excluding carboxylic acids is 3. The van der Waals surface area contributed by atoms with E-state index in [9.17, 15) is 18.6 Å². The van der Waals surface area contributed by atoms with Gasteiger partial charge in [-0.05, 0) is 37.1 Å². The molecule has 5 heterocycles. The lowest BCUT2D eigenvalue weighted by molar-refractivity contribution is -0.132. The summed E-state index contributed by atoms with van der Waals surface area (Å²) in [4.78, 5) is 49.4. The number of aromatic nitrogens is 2. The van der Waals surface area contributed by atoms with Crippen LogP contribution in [0.3, 0.4) is 0 Å². The van der Waals surface area contributed by atoms with Crippen molar-refractivity contribution in [3.05, 3.63) is 60.4 Å². The molecule has 4 bridgehead atoms. The smallest absolute Gasteiger partial charge is 0.315 e. The average molecular weight is 723 g/mol. The molecular formula is C34H42N8O6S2. The summed E-state index contributed by atoms with van der Waals surface area (Å²) >= 11 is 1.87. The number of hydrogen-bond donors (Lipinski definition) is 4. The lowest BCUT2D eigenvalue weighted by Gasteiger charge is -2.26. The summed E-state index contributed by atoms with van der Waals surface area (Å²) in [5, 5.41) is 9.17. The quantitative estimate of drug-likeness (QED) is 0.174. The molecule has 0 aliphatic carbocycles. The zero-order chi connectivity index (χ0) is 35.0. The number of urea groups is 1. The molecule has 4 atom stereocenters. The molecule has 14 nitrogen and oxygen atoms in total. The summed E-state index contributed by atoms with van der Waals surface area (Å²) in [6.07, 6.45) is 4.44. The van der Waals surface area contributed by atoms with Crippen LogP contribution in [0, 0.1) is 0 Å². The van der Waals surface area contributed by atoms with E-state index in [1.54, 1.807) is 64.8 Å². The van der Waals surface area contributed by atoms with Gasteiger partial charge in [0.15, 0.2) is 11.5 Å². The number of nitrogens with one attached hydrogen (secondary N) is 3. The van der Waals surface area contributed by atoms with E-state index in [0.29, 0.717) is 65.5 Å². The Bertz CT molecular complexity index is 1710. The summed E-state index contributed by atoms with van der Waals surface area (Å²) in [5.41, 5.74) is 7.56. The first-order valence-corrected chi connectivity index (χ1v) is 18.9. The first kappa shape index (κ1) is 35.6. The van der Waals surface area contributed by atoms with Crippen LogP contribution in [0.2, 0.25) is 0 Å². The Morgan fingerprint density at radius 2 is 1.86 bits per heavy atom. The Kier molecular flexibility index (Phi) is 11.8. The predicted molar refractivity (Wildman–Crippen MR) is 192 cm³/mol. The summed E-state index contributed by atoms with van der Waals surface area (Å²) in [5.74, 6) is 0.825. The van der Waals surface area contributed by atoms with Gasteiger partial charge in [-0.25, -0.2) is 23.3 Å². The molecule has 2 aromatic carbocycles. The number of thioether (sulfide) groups is 1. The fraction of sp³-hybridized carbons (Fsp3) is 0.441. The second-order valence-electron chi connectivity index (χ2n) is 12.3. The number of likely N-dealkylation sites (N-methyl/N-ethyl adjacent to an activating group) is 1. The van der Waals surface area contributed by atoms with E-state index in [-0.39, 0.29) is 48.7 Å². The minimum atomic E-state index is -1.49. The van der Waals surface area contributed by atoms with Gasteiger partial charge < -0.3 is 36.1 Å². The van der Waals surface area contributed by atoms with Crippen molar-refractivity contribution >= 4 is 52.1 Å². The van der Waals surface area contributed by atoms with Crippen molar-refractivity contribution in [2.45, 2.75) is 47.9 Å². The summed E-state index contributed by atoms with van der Waals surface area (Å²) in [7, 11) is 0.274. The molecule has 4 amide bonds. The third-order valence-corrected chi connectivity index (χ3v) is 11.8. The van der Waals surface area contributed by atoms with Gasteiger partial charge in [0.05, 0.1) is 47.8 Å². The van der Waals surface area contributed by atoms with Crippen molar-refractivity contribution in [1.82, 2.24) is 29.8 Å². The highest BCUT2D eigenvalue weighted by Gasteiger charge is 2.42. The number of benzene rings is 2. The standard InChI is InChI=1S/C34H42N8O6S2/c1-41-14-15-42(29(43)9-5-4-8-28-30-26(21-49-28)39-34(45)40-30)16-17-47-18-19-48-27-7-3-2-6-24(27)38-33(44)31-32(35)36-20-25(37-31)22-10-12-23(13-11-22)50(41)46/h2-3,6-7,10-13,20,26,28,30H,4-5,8-9,14-19,21H2,1H3,(H2,35,36)(H,38,44)(H2,39,40,45). The lowest BCUT2D eigenvalue weighted by atomic mass is 10.0. The van der Waals surface area contributed by atoms with Crippen molar-refractivity contribution in [1.29, 1.82) is 0 Å². The first-order valence-electron chi connectivity index (χ1n) is 16.7. The monoisotopic (exact) mass is 722 g/mol. The van der Waals surface area contributed by atoms with Crippen LogP contribution in [0.5, 0.6) is 5.75 Å². The van der Waals surface area contributed by atoms with Crippen molar-refractivity contribution in [3.8, 4) is 17.0 Å². The average Bonchev–Trinajstić information content (AvgIpc) is 3.68. The van der Waals surface area contributed by atoms with Gasteiger partial charge >= 0.3 is 6.03 Å². The van der Waals surface area contributed by atoms with Crippen molar-refractivity contribution in [2.24, 2.45) is 0 Å². The van der Waals surface area contributed by atoms with E-state index in [4.69, 9.17) is 15.2 Å². The molecule has 4 aliphatic rings. The Labute approximate surface area is 297 Å². The second-order valence-corrected chi connectivity index (χ2v) is 15.1. The van der Waals surface area contributed by atoms with E-state index < -0.39 is 16.9 Å². The van der Waals surface area contributed by atoms with Crippen LogP contribution < -0.4 is 26.4 Å². The van der Waals surface area contributed by atoms with Crippen molar-refractivity contribution in [3.63, 3.8) is 0 Å². The Morgan fingerprint density at radius 3 is 2.70 bits per heavy atom. The molecule has 5 N–H and O–H groups in total. The number of rotatable bonds is 5. The predicted octanol–water partition coefficient (Wildman–Crippen LogP) is 2.90. The SMILES string of the molecule is CN1CCN(C(=O)CCCCC2SCC3NC(=O)NC32)CCOCCOc2ccccc2NC(=O)c2nc(cnc2N)-c2ccc(cc2)S1=O. The molecule has 2 fully saturated rings. The van der Waals surface area contributed by atoms with Gasteiger partial charge in [0.25, 0.3) is 5.91 Å². The zero-order valence-electron chi connectivity index (χ0n) is 27.8. The van der Waals surface area contributed by atoms with Gasteiger partial charge in [-0.1, -0.05) is 30.7 Å². The Balaban J connectivity index is 1.13. The molecule has 0 radical (unpaired) electrons. The number of hydrogen-bond acceptors (Lipinski definition) is 10. The Hall–Kier alpha value is -4.25. The summed E-state index contributed by atoms with van der Waals surface area (Å²) in [6, 6.07) is 14.3. The highest BCUT2D eigenvalue weighted by Crippen LogP contribution is 2.33. The van der Waals surface area contributed by atoms with Crippen LogP contribution in [-0.2, 0) is 20.5 Å². The number of fused-ring (bicyclic) bond motifs is 14. The van der Waals surface area contributed by atoms with Crippen LogP contribution in [-0.4, -0.2) is 111 Å². The minimum Gasteiger partial charge on any atom is -0.489 e. The van der Waals surface area contributed by atoms with E-state index in [1.807, 2.05) is 11.8 Å². The van der Waals surface area contributed by atoms with Gasteiger partial charge in [0.1, 0.15) is 23.3 Å². The highest BCUT2D eigenvalue weighted by molar-refractivity contribution is 8.00. The molecule has 4 aliphatic heterocycles. The maximum Gasteiger partial charge on any atom is 0.315 e. The molecule has 4 unspecified atom stereocenters. The van der Waals surface area contributed by atoms with E-state index in [2.05, 4.69) is 25.9 Å². The number of carbonyl (C=O) groups is 3. The third kappa shape index (κ3) is 8.72. The number of amides is 4. The van der Waals surface area contributed by atoms with Crippen LogP contribution in [0.1, 0.15) is 36.2 Å². The molecule has 1 aromatic heterocycles. The molecule has 7 rings (SSSR count). The molecule has 3 aromatic rings. The first-order chi connectivity index (χ1) is 24.3. The number of nitrogens with two attached hydrogens (primary N) is 1. The van der Waals surface area contributed by atoms with E-state index in [0.717, 1.165) is 25.0 Å². The molecule has 2 saturated heterocycles. The fourth-order valence-corrected chi connectivity index (χ4v) is 8.64. The fourth-order valence-electron chi connectivity index (χ4n) is 6.12. The summed E-state index contributed by atoms with van der Waals surface area (Å²) in [6.45, 7) is 1.92. The van der Waals surface area contributed by atoms with Crippen LogP contribution in [0.25, 0.3) is 11.3 Å². The van der Waals surface area contributed by atoms with Gasteiger partial charge in [-0.3, -0.25) is 9.59 Å². The number of anilines is 2. The zero-order valence-corrected chi connectivity index (χ0v) is 29.5. The second kappa shape index (κ2) is 16.6. The van der Waals surface area contributed by atoms with Crippen LogP contribution >= 0.6 is 11.8 Å². The third-order valence-electron chi connectivity index (χ3n) is 8.88. The maximum absolute atomic E-state index is 13.4. The molecule has 50 heavy (non-hydrogen) atoms. The summed E-state index contributed by atoms with van der Waals surface area (Å²) < 4.78 is 26.9. The van der Waals surface area contributed by atoms with Gasteiger partial charge in [-0.15, -0.1) is 0 Å². The molecule has 0 saturated carbocycles. The van der Waals surface area contributed by atoms with Crippen molar-refractivity contribution < 1.29 is 28.1 Å². The van der Waals surface area contributed by atoms with E-state index in [1.165, 1.54) is 6.20 Å². The lowest BCUT2D eigenvalue weighted by Crippen LogP contribution is -2.40. The molecule has 16 heteroatoms. The number of unbranched alkanes of at least 4 members (excludes halogenated alkanes) is 1. The number of ether oxygens (including phenoxy) is 2. The highest BCUT2D eigenvalue weighted by atomic mass is 32.2. The van der Waals surface area contributed by atoms with Gasteiger partial charge in [-0.2, -0.15) is 11.8 Å². The normalized spacial score (nSPS) is 23.3. The van der Waals surface area contributed by atoms with E-state index >= 15 is 0 Å². The molecule has 0 spiro atoms. The number of para-hydroxylation sites is 2. The topological polar surface area (TPSA) is 181 Å². The largest absolute Gasteiger partial charge is 0.489 e. The van der Waals surface area contributed by atoms with Crippen LogP contribution in [0.4, 0.5) is 16.3 Å².